The summed E-state index contributed by atoms with van der Waals surface area (Å²) in [4.78, 5) is 23.9. The summed E-state index contributed by atoms with van der Waals surface area (Å²) in [7, 11) is 1.56. The minimum absolute atomic E-state index is 0.0743. The number of benzene rings is 2. The normalized spacial score (nSPS) is 14.3. The van der Waals surface area contributed by atoms with E-state index in [0.29, 0.717) is 23.7 Å². The number of halogens is 1. The molecular formula is C23H26BrN3O4. The number of nitrogens with zero attached hydrogens (tertiary/aromatic N) is 1. The van der Waals surface area contributed by atoms with E-state index in [-0.39, 0.29) is 6.04 Å². The van der Waals surface area contributed by atoms with Crippen LogP contribution in [0.25, 0.3) is 0 Å². The zero-order chi connectivity index (χ0) is 22.1. The number of hydrogen-bond donors (Lipinski definition) is 2. The third kappa shape index (κ3) is 7.10. The Labute approximate surface area is 190 Å². The monoisotopic (exact) mass is 487 g/mol. The fraction of sp³-hybridized carbons (Fsp3) is 0.348. The number of methoxy groups -OCH3 is 1. The number of carbonyl (C=O) groups excluding carboxylic acids is 2. The Morgan fingerprint density at radius 2 is 1.81 bits per heavy atom. The SMILES string of the molecule is COc1cc(/C=N/NC(=O)C(=O)NC2CCCCC2)ccc1OCc1ccc(Br)cc1. The van der Waals surface area contributed by atoms with Crippen molar-refractivity contribution in [1.29, 1.82) is 0 Å². The summed E-state index contributed by atoms with van der Waals surface area (Å²) in [5, 5.41) is 6.64. The van der Waals surface area contributed by atoms with Crippen molar-refractivity contribution in [2.75, 3.05) is 7.11 Å². The quantitative estimate of drug-likeness (QED) is 0.351. The lowest BCUT2D eigenvalue weighted by Crippen LogP contribution is -2.44. The van der Waals surface area contributed by atoms with Crippen LogP contribution in [-0.2, 0) is 16.2 Å². The van der Waals surface area contributed by atoms with Gasteiger partial charge in [0, 0.05) is 10.5 Å². The summed E-state index contributed by atoms with van der Waals surface area (Å²) in [6.45, 7) is 0.406. The molecule has 0 radical (unpaired) electrons. The summed E-state index contributed by atoms with van der Waals surface area (Å²) in [5.74, 6) is -0.289. The Morgan fingerprint density at radius 3 is 2.52 bits per heavy atom. The van der Waals surface area contributed by atoms with E-state index in [2.05, 4.69) is 31.8 Å². The maximum atomic E-state index is 12.0. The highest BCUT2D eigenvalue weighted by Crippen LogP contribution is 2.28. The molecule has 3 rings (SSSR count). The second-order valence-electron chi connectivity index (χ2n) is 7.33. The molecule has 0 aliphatic heterocycles. The van der Waals surface area contributed by atoms with Gasteiger partial charge in [0.25, 0.3) is 0 Å². The predicted octanol–water partition coefficient (Wildman–Crippen LogP) is 3.94. The highest BCUT2D eigenvalue weighted by molar-refractivity contribution is 9.10. The maximum Gasteiger partial charge on any atom is 0.329 e. The Hall–Kier alpha value is -2.87. The van der Waals surface area contributed by atoms with Crippen LogP contribution in [0.4, 0.5) is 0 Å². The first-order valence-corrected chi connectivity index (χ1v) is 11.0. The van der Waals surface area contributed by atoms with Gasteiger partial charge in [0.1, 0.15) is 6.61 Å². The van der Waals surface area contributed by atoms with Gasteiger partial charge in [0.2, 0.25) is 0 Å². The second kappa shape index (κ2) is 11.5. The molecule has 164 valence electrons. The number of ether oxygens (including phenoxy) is 2. The van der Waals surface area contributed by atoms with E-state index in [0.717, 1.165) is 35.7 Å². The Kier molecular flexibility index (Phi) is 8.46. The van der Waals surface area contributed by atoms with Crippen molar-refractivity contribution in [3.8, 4) is 11.5 Å². The van der Waals surface area contributed by atoms with Crippen LogP contribution in [0.1, 0.15) is 43.2 Å². The van der Waals surface area contributed by atoms with Gasteiger partial charge in [0.15, 0.2) is 11.5 Å². The average Bonchev–Trinajstić information content (AvgIpc) is 2.79. The molecule has 2 amide bonds. The first kappa shape index (κ1) is 22.8. The van der Waals surface area contributed by atoms with Gasteiger partial charge in [-0.05, 0) is 54.3 Å². The van der Waals surface area contributed by atoms with Gasteiger partial charge >= 0.3 is 11.8 Å². The van der Waals surface area contributed by atoms with Crippen molar-refractivity contribution < 1.29 is 19.1 Å². The number of amides is 2. The van der Waals surface area contributed by atoms with E-state index in [1.54, 1.807) is 25.3 Å². The molecule has 1 fully saturated rings. The summed E-state index contributed by atoms with van der Waals surface area (Å²) < 4.78 is 12.3. The highest BCUT2D eigenvalue weighted by atomic mass is 79.9. The van der Waals surface area contributed by atoms with Gasteiger partial charge in [0.05, 0.1) is 13.3 Å². The van der Waals surface area contributed by atoms with Gasteiger partial charge < -0.3 is 14.8 Å². The van der Waals surface area contributed by atoms with Crippen LogP contribution in [0.3, 0.4) is 0 Å². The molecule has 31 heavy (non-hydrogen) atoms. The zero-order valence-electron chi connectivity index (χ0n) is 17.4. The fourth-order valence-corrected chi connectivity index (χ4v) is 3.60. The minimum atomic E-state index is -0.775. The first-order valence-electron chi connectivity index (χ1n) is 10.2. The maximum absolute atomic E-state index is 12.0. The smallest absolute Gasteiger partial charge is 0.329 e. The standard InChI is InChI=1S/C23H26BrN3O4/c1-30-21-13-17(9-12-20(21)31-15-16-7-10-18(24)11-8-16)14-25-27-23(29)22(28)26-19-5-3-2-4-6-19/h7-14,19H,2-6,15H2,1H3,(H,26,28)(H,27,29)/b25-14+. The van der Waals surface area contributed by atoms with Crippen LogP contribution in [0.2, 0.25) is 0 Å². The molecule has 0 saturated heterocycles. The molecule has 2 aromatic carbocycles. The van der Waals surface area contributed by atoms with Gasteiger partial charge in [-0.15, -0.1) is 0 Å². The predicted molar refractivity (Wildman–Crippen MR) is 122 cm³/mol. The van der Waals surface area contributed by atoms with Gasteiger partial charge in [-0.25, -0.2) is 5.43 Å². The molecule has 7 nitrogen and oxygen atoms in total. The van der Waals surface area contributed by atoms with Crippen LogP contribution in [0.5, 0.6) is 11.5 Å². The van der Waals surface area contributed by atoms with Crippen molar-refractivity contribution in [2.24, 2.45) is 5.10 Å². The Balaban J connectivity index is 1.52. The third-order valence-corrected chi connectivity index (χ3v) is 5.55. The molecule has 0 spiro atoms. The second-order valence-corrected chi connectivity index (χ2v) is 8.25. The molecule has 0 atom stereocenters. The topological polar surface area (TPSA) is 89.0 Å². The minimum Gasteiger partial charge on any atom is -0.493 e. The molecule has 1 saturated carbocycles. The van der Waals surface area contributed by atoms with E-state index in [4.69, 9.17) is 9.47 Å². The zero-order valence-corrected chi connectivity index (χ0v) is 19.0. The van der Waals surface area contributed by atoms with Gasteiger partial charge in [-0.2, -0.15) is 5.10 Å². The van der Waals surface area contributed by atoms with Crippen LogP contribution < -0.4 is 20.2 Å². The third-order valence-electron chi connectivity index (χ3n) is 5.02. The number of hydrazone groups is 1. The van der Waals surface area contributed by atoms with Crippen molar-refractivity contribution in [3.63, 3.8) is 0 Å². The van der Waals surface area contributed by atoms with Crippen molar-refractivity contribution >= 4 is 34.0 Å². The van der Waals surface area contributed by atoms with E-state index >= 15 is 0 Å². The number of rotatable bonds is 7. The Bertz CT molecular complexity index is 925. The van der Waals surface area contributed by atoms with Crippen LogP contribution in [0.15, 0.2) is 52.0 Å². The van der Waals surface area contributed by atoms with E-state index in [9.17, 15) is 9.59 Å². The molecule has 1 aliphatic carbocycles. The highest BCUT2D eigenvalue weighted by Gasteiger charge is 2.19. The van der Waals surface area contributed by atoms with E-state index < -0.39 is 11.8 Å². The Morgan fingerprint density at radius 1 is 1.06 bits per heavy atom. The summed E-state index contributed by atoms with van der Waals surface area (Å²) in [6.07, 6.45) is 6.62. The van der Waals surface area contributed by atoms with Crippen LogP contribution in [0, 0.1) is 0 Å². The summed E-state index contributed by atoms with van der Waals surface area (Å²) >= 11 is 3.41. The number of nitrogens with one attached hydrogen (secondary N) is 2. The first-order chi connectivity index (χ1) is 15.0. The molecule has 2 aromatic rings. The van der Waals surface area contributed by atoms with Gasteiger partial charge in [-0.3, -0.25) is 9.59 Å². The lowest BCUT2D eigenvalue weighted by molar-refractivity contribution is -0.139. The van der Waals surface area contributed by atoms with Crippen LogP contribution >= 0.6 is 15.9 Å². The van der Waals surface area contributed by atoms with Gasteiger partial charge in [-0.1, -0.05) is 47.3 Å². The fourth-order valence-electron chi connectivity index (χ4n) is 3.34. The molecular weight excluding hydrogens is 462 g/mol. The summed E-state index contributed by atoms with van der Waals surface area (Å²) in [5.41, 5.74) is 3.99. The molecule has 0 aromatic heterocycles. The molecule has 0 bridgehead atoms. The number of hydrogen-bond acceptors (Lipinski definition) is 5. The van der Waals surface area contributed by atoms with E-state index in [1.165, 1.54) is 12.6 Å². The summed E-state index contributed by atoms with van der Waals surface area (Å²) in [6, 6.07) is 13.3. The molecule has 8 heteroatoms. The van der Waals surface area contributed by atoms with E-state index in [1.807, 2.05) is 24.3 Å². The lowest BCUT2D eigenvalue weighted by atomic mass is 9.95. The largest absolute Gasteiger partial charge is 0.493 e. The molecule has 0 heterocycles. The van der Waals surface area contributed by atoms with Crippen molar-refractivity contribution in [1.82, 2.24) is 10.7 Å². The lowest BCUT2D eigenvalue weighted by Gasteiger charge is -2.22. The van der Waals surface area contributed by atoms with Crippen molar-refractivity contribution in [2.45, 2.75) is 44.8 Å². The van der Waals surface area contributed by atoms with Crippen molar-refractivity contribution in [3.05, 3.63) is 58.1 Å². The molecule has 1 aliphatic rings. The molecule has 2 N–H and O–H groups in total. The van der Waals surface area contributed by atoms with Crippen LogP contribution in [-0.4, -0.2) is 31.2 Å². The average molecular weight is 488 g/mol. The molecule has 0 unspecified atom stereocenters. The number of carbonyl (C=O) groups is 2.